The fourth-order valence-corrected chi connectivity index (χ4v) is 3.93. The molecule has 136 valence electrons. The van der Waals surface area contributed by atoms with E-state index in [1.165, 1.54) is 6.33 Å². The molecule has 1 aliphatic rings. The van der Waals surface area contributed by atoms with E-state index in [1.807, 2.05) is 41.3 Å². The molecule has 0 atom stereocenters. The molecule has 0 aliphatic heterocycles. The van der Waals surface area contributed by atoms with Gasteiger partial charge in [0.05, 0.1) is 23.0 Å². The first-order valence-corrected chi connectivity index (χ1v) is 9.12. The number of hydrogen-bond donors (Lipinski definition) is 1. The number of nitrogen functional groups attached to an aromatic ring is 1. The van der Waals surface area contributed by atoms with Gasteiger partial charge in [0.1, 0.15) is 12.1 Å². The summed E-state index contributed by atoms with van der Waals surface area (Å²) >= 11 is 0. The highest BCUT2D eigenvalue weighted by atomic mass is 16.1. The van der Waals surface area contributed by atoms with E-state index in [1.54, 1.807) is 0 Å². The summed E-state index contributed by atoms with van der Waals surface area (Å²) in [4.78, 5) is 21.7. The molecule has 1 fully saturated rings. The average molecular weight is 360 g/mol. The van der Waals surface area contributed by atoms with Crippen LogP contribution in [-0.4, -0.2) is 24.3 Å². The number of pyridine rings is 1. The van der Waals surface area contributed by atoms with E-state index in [-0.39, 0.29) is 11.6 Å². The van der Waals surface area contributed by atoms with Crippen LogP contribution in [0.2, 0.25) is 0 Å². The molecule has 1 saturated carbocycles. The Morgan fingerprint density at radius 3 is 2.78 bits per heavy atom. The van der Waals surface area contributed by atoms with Gasteiger partial charge in [0.25, 0.3) is 5.56 Å². The third kappa shape index (κ3) is 2.42. The van der Waals surface area contributed by atoms with Gasteiger partial charge in [-0.25, -0.2) is 14.6 Å². The zero-order valence-electron chi connectivity index (χ0n) is 15.3. The van der Waals surface area contributed by atoms with Gasteiger partial charge in [0, 0.05) is 11.7 Å². The number of nitrogens with two attached hydrogens (primary N) is 1. The lowest BCUT2D eigenvalue weighted by molar-refractivity contribution is 0.604. The first-order chi connectivity index (χ1) is 13.0. The molecular weight excluding hydrogens is 340 g/mol. The number of hydrogen-bond acceptors (Lipinski definition) is 5. The molecule has 3 heterocycles. The summed E-state index contributed by atoms with van der Waals surface area (Å²) in [6, 6.07) is 8.36. The van der Waals surface area contributed by atoms with Crippen molar-refractivity contribution < 1.29 is 0 Å². The molecule has 0 spiro atoms. The molecule has 5 rings (SSSR count). The van der Waals surface area contributed by atoms with Crippen molar-refractivity contribution in [3.8, 4) is 0 Å². The highest BCUT2D eigenvalue weighted by molar-refractivity contribution is 5.88. The maximum absolute atomic E-state index is 13.3. The smallest absolute Gasteiger partial charge is 0.259 e. The summed E-state index contributed by atoms with van der Waals surface area (Å²) in [5.74, 6) is 0.428. The molecular formula is C20H20N6O. The Hall–Kier alpha value is -3.22. The zero-order chi connectivity index (χ0) is 18.7. The molecule has 3 aromatic heterocycles. The fourth-order valence-electron chi connectivity index (χ4n) is 3.93. The van der Waals surface area contributed by atoms with E-state index in [9.17, 15) is 4.79 Å². The number of aromatic nitrogens is 5. The van der Waals surface area contributed by atoms with Crippen molar-refractivity contribution in [1.29, 1.82) is 0 Å². The number of anilines is 1. The maximum Gasteiger partial charge on any atom is 0.259 e. The monoisotopic (exact) mass is 360 g/mol. The van der Waals surface area contributed by atoms with E-state index in [4.69, 9.17) is 5.73 Å². The second-order valence-electron chi connectivity index (χ2n) is 7.28. The lowest BCUT2D eigenvalue weighted by atomic mass is 10.1. The Balaban J connectivity index is 1.74. The van der Waals surface area contributed by atoms with Crippen LogP contribution in [0.25, 0.3) is 21.8 Å². The van der Waals surface area contributed by atoms with Crippen LogP contribution in [0.15, 0.2) is 35.4 Å². The molecule has 0 radical (unpaired) electrons. The Kier molecular flexibility index (Phi) is 3.34. The molecule has 4 aromatic rings. The third-order valence-corrected chi connectivity index (χ3v) is 5.33. The van der Waals surface area contributed by atoms with Crippen LogP contribution in [0.5, 0.6) is 0 Å². The summed E-state index contributed by atoms with van der Waals surface area (Å²) in [5, 5.41) is 7.16. The van der Waals surface area contributed by atoms with E-state index in [2.05, 4.69) is 21.1 Å². The zero-order valence-corrected chi connectivity index (χ0v) is 15.3. The lowest BCUT2D eigenvalue weighted by Gasteiger charge is -2.15. The molecule has 7 heteroatoms. The van der Waals surface area contributed by atoms with E-state index in [0.29, 0.717) is 18.0 Å². The number of fused-ring (bicyclic) bond motifs is 2. The highest BCUT2D eigenvalue weighted by Crippen LogP contribution is 2.36. The van der Waals surface area contributed by atoms with Crippen LogP contribution < -0.4 is 11.3 Å². The minimum atomic E-state index is 0.0884. The van der Waals surface area contributed by atoms with Crippen molar-refractivity contribution >= 4 is 27.6 Å². The molecule has 0 unspecified atom stereocenters. The second kappa shape index (κ2) is 5.64. The van der Waals surface area contributed by atoms with Gasteiger partial charge >= 0.3 is 0 Å². The average Bonchev–Trinajstić information content (AvgIpc) is 3.40. The number of benzene rings is 1. The standard InChI is InChI=1S/C20H20N6O/c1-11-4-3-5-13-8-15(26(14-6-7-14)20(27)16(11)13)9-25-19-17(12(2)24-25)18(21)22-10-23-19/h3-5,8,10,14H,6-7,9H2,1-2H3,(H2,21,22,23). The molecule has 1 aromatic carbocycles. The maximum atomic E-state index is 13.3. The van der Waals surface area contributed by atoms with Gasteiger partial charge in [-0.15, -0.1) is 0 Å². The van der Waals surface area contributed by atoms with Crippen molar-refractivity contribution in [2.75, 3.05) is 5.73 Å². The third-order valence-electron chi connectivity index (χ3n) is 5.33. The van der Waals surface area contributed by atoms with Gasteiger partial charge in [-0.1, -0.05) is 18.2 Å². The minimum absolute atomic E-state index is 0.0884. The molecule has 7 nitrogen and oxygen atoms in total. The van der Waals surface area contributed by atoms with Gasteiger partial charge in [-0.2, -0.15) is 5.10 Å². The molecule has 27 heavy (non-hydrogen) atoms. The lowest BCUT2D eigenvalue weighted by Crippen LogP contribution is -2.25. The Morgan fingerprint density at radius 2 is 2.00 bits per heavy atom. The second-order valence-corrected chi connectivity index (χ2v) is 7.28. The molecule has 2 N–H and O–H groups in total. The van der Waals surface area contributed by atoms with E-state index >= 15 is 0 Å². The molecule has 0 amide bonds. The van der Waals surface area contributed by atoms with E-state index in [0.717, 1.165) is 46.0 Å². The van der Waals surface area contributed by atoms with Crippen LogP contribution in [-0.2, 0) is 6.54 Å². The summed E-state index contributed by atoms with van der Waals surface area (Å²) in [6.07, 6.45) is 3.53. The van der Waals surface area contributed by atoms with Crippen LogP contribution in [0.1, 0.15) is 35.8 Å². The Morgan fingerprint density at radius 1 is 1.19 bits per heavy atom. The number of aryl methyl sites for hydroxylation is 2. The van der Waals surface area contributed by atoms with Crippen LogP contribution >= 0.6 is 0 Å². The Labute approximate surface area is 155 Å². The SMILES string of the molecule is Cc1nn(Cc2cc3cccc(C)c3c(=O)n2C2CC2)c2ncnc(N)c12. The number of nitrogens with zero attached hydrogens (tertiary/aromatic N) is 5. The highest BCUT2D eigenvalue weighted by Gasteiger charge is 2.28. The largest absolute Gasteiger partial charge is 0.383 e. The van der Waals surface area contributed by atoms with Gasteiger partial charge in [-0.05, 0) is 43.7 Å². The van der Waals surface area contributed by atoms with Gasteiger partial charge in [0.15, 0.2) is 5.65 Å². The van der Waals surface area contributed by atoms with Crippen molar-refractivity contribution in [3.63, 3.8) is 0 Å². The van der Waals surface area contributed by atoms with Gasteiger partial charge in [-0.3, -0.25) is 4.79 Å². The van der Waals surface area contributed by atoms with Crippen molar-refractivity contribution in [2.45, 2.75) is 39.3 Å². The summed E-state index contributed by atoms with van der Waals surface area (Å²) < 4.78 is 3.76. The van der Waals surface area contributed by atoms with Crippen molar-refractivity contribution in [1.82, 2.24) is 24.3 Å². The predicted molar refractivity (Wildman–Crippen MR) is 105 cm³/mol. The van der Waals surface area contributed by atoms with Gasteiger partial charge in [0.2, 0.25) is 0 Å². The van der Waals surface area contributed by atoms with Gasteiger partial charge < -0.3 is 10.3 Å². The first-order valence-electron chi connectivity index (χ1n) is 9.12. The summed E-state index contributed by atoms with van der Waals surface area (Å²) in [7, 11) is 0. The topological polar surface area (TPSA) is 91.6 Å². The first kappa shape index (κ1) is 16.0. The van der Waals surface area contributed by atoms with Crippen LogP contribution in [0.4, 0.5) is 5.82 Å². The fraction of sp³-hybridized carbons (Fsp3) is 0.300. The summed E-state index contributed by atoms with van der Waals surface area (Å²) in [5.41, 5.74) is 9.54. The Bertz CT molecular complexity index is 1270. The number of rotatable bonds is 3. The quantitative estimate of drug-likeness (QED) is 0.606. The normalized spacial score (nSPS) is 14.3. The van der Waals surface area contributed by atoms with Crippen LogP contribution in [0, 0.1) is 13.8 Å². The van der Waals surface area contributed by atoms with E-state index < -0.39 is 0 Å². The van der Waals surface area contributed by atoms with Crippen molar-refractivity contribution in [3.05, 3.63) is 57.9 Å². The minimum Gasteiger partial charge on any atom is -0.383 e. The van der Waals surface area contributed by atoms with Crippen molar-refractivity contribution in [2.24, 2.45) is 0 Å². The molecule has 0 saturated heterocycles. The predicted octanol–water partition coefficient (Wildman–Crippen LogP) is 2.72. The molecule has 1 aliphatic carbocycles. The summed E-state index contributed by atoms with van der Waals surface area (Å²) in [6.45, 7) is 4.36. The van der Waals surface area contributed by atoms with Crippen LogP contribution in [0.3, 0.4) is 0 Å². The molecule has 0 bridgehead atoms.